The van der Waals surface area contributed by atoms with Crippen LogP contribution in [0.5, 0.6) is 17.2 Å². The summed E-state index contributed by atoms with van der Waals surface area (Å²) in [6, 6.07) is 7.79. The van der Waals surface area contributed by atoms with Gasteiger partial charge in [-0.2, -0.15) is 0 Å². The highest BCUT2D eigenvalue weighted by Gasteiger charge is 2.27. The zero-order valence-electron chi connectivity index (χ0n) is 21.4. The highest BCUT2D eigenvalue weighted by atomic mass is 79.9. The summed E-state index contributed by atoms with van der Waals surface area (Å²) in [5.41, 5.74) is 8.85. The van der Waals surface area contributed by atoms with Crippen molar-refractivity contribution in [3.8, 4) is 17.2 Å². The van der Waals surface area contributed by atoms with Crippen LogP contribution in [0.15, 0.2) is 33.2 Å². The van der Waals surface area contributed by atoms with Crippen LogP contribution in [0.4, 0.5) is 5.69 Å². The van der Waals surface area contributed by atoms with Crippen LogP contribution in [-0.2, 0) is 17.6 Å². The second-order valence-corrected chi connectivity index (χ2v) is 11.3. The minimum atomic E-state index is 0. The van der Waals surface area contributed by atoms with Crippen LogP contribution in [-0.4, -0.2) is 69.3 Å². The van der Waals surface area contributed by atoms with Gasteiger partial charge in [-0.15, -0.1) is 12.4 Å². The molecule has 1 unspecified atom stereocenters. The van der Waals surface area contributed by atoms with Gasteiger partial charge >= 0.3 is 0 Å². The van der Waals surface area contributed by atoms with E-state index in [2.05, 4.69) is 41.7 Å². The average molecular weight is 662 g/mol. The first-order valence-electron chi connectivity index (χ1n) is 12.5. The summed E-state index contributed by atoms with van der Waals surface area (Å²) in [5.74, 6) is 2.90. The molecular weight excluding hydrogens is 626 g/mol. The van der Waals surface area contributed by atoms with Crippen LogP contribution in [0.25, 0.3) is 0 Å². The third-order valence-electron chi connectivity index (χ3n) is 7.07. The highest BCUT2D eigenvalue weighted by Crippen LogP contribution is 2.34. The van der Waals surface area contributed by atoms with Gasteiger partial charge in [0.15, 0.2) is 11.5 Å². The molecule has 10 heteroatoms. The largest absolute Gasteiger partial charge is 0.493 e. The van der Waals surface area contributed by atoms with E-state index in [-0.39, 0.29) is 18.3 Å². The first-order valence-corrected chi connectivity index (χ1v) is 14.1. The fourth-order valence-electron chi connectivity index (χ4n) is 5.15. The molecule has 2 aliphatic rings. The van der Waals surface area contributed by atoms with E-state index in [0.717, 1.165) is 71.6 Å². The van der Waals surface area contributed by atoms with Gasteiger partial charge in [0, 0.05) is 35.1 Å². The van der Waals surface area contributed by atoms with E-state index >= 15 is 0 Å². The summed E-state index contributed by atoms with van der Waals surface area (Å²) in [7, 11) is 3.28. The van der Waals surface area contributed by atoms with E-state index in [0.29, 0.717) is 30.4 Å². The first-order chi connectivity index (χ1) is 17.4. The number of ether oxygens (including phenoxy) is 3. The van der Waals surface area contributed by atoms with E-state index in [9.17, 15) is 4.79 Å². The predicted molar refractivity (Wildman–Crippen MR) is 156 cm³/mol. The van der Waals surface area contributed by atoms with Gasteiger partial charge in [0.1, 0.15) is 5.75 Å². The number of amides is 1. The Labute approximate surface area is 242 Å². The third-order valence-corrected chi connectivity index (χ3v) is 8.39. The molecule has 37 heavy (non-hydrogen) atoms. The molecule has 0 aromatic heterocycles. The summed E-state index contributed by atoms with van der Waals surface area (Å²) >= 11 is 6.93. The van der Waals surface area contributed by atoms with Gasteiger partial charge in [-0.1, -0.05) is 0 Å². The van der Waals surface area contributed by atoms with Crippen LogP contribution < -0.4 is 19.9 Å². The molecule has 1 atom stereocenters. The molecule has 2 aromatic rings. The normalized spacial score (nSPS) is 18.0. The van der Waals surface area contributed by atoms with Crippen molar-refractivity contribution in [3.63, 3.8) is 0 Å². The average Bonchev–Trinajstić information content (AvgIpc) is 3.02. The van der Waals surface area contributed by atoms with Crippen molar-refractivity contribution in [1.82, 2.24) is 9.80 Å². The number of halogens is 3. The topological polar surface area (TPSA) is 77.3 Å². The Hall–Kier alpha value is -1.68. The van der Waals surface area contributed by atoms with Crippen molar-refractivity contribution in [2.75, 3.05) is 59.3 Å². The molecule has 4 rings (SSSR count). The number of rotatable bonds is 9. The maximum atomic E-state index is 13.1. The number of nitrogens with zero attached hydrogens (tertiary/aromatic N) is 2. The van der Waals surface area contributed by atoms with Crippen LogP contribution >= 0.6 is 44.3 Å². The molecule has 0 saturated carbocycles. The number of hydrogen-bond acceptors (Lipinski definition) is 6. The Balaban J connectivity index is 0.00000380. The second kappa shape index (κ2) is 13.9. The lowest BCUT2D eigenvalue weighted by atomic mass is 9.97. The monoisotopic (exact) mass is 659 g/mol. The van der Waals surface area contributed by atoms with E-state index < -0.39 is 0 Å². The fourth-order valence-corrected chi connectivity index (χ4v) is 6.29. The van der Waals surface area contributed by atoms with Crippen molar-refractivity contribution in [2.24, 2.45) is 5.92 Å². The Morgan fingerprint density at radius 2 is 1.70 bits per heavy atom. The van der Waals surface area contributed by atoms with Gasteiger partial charge in [-0.05, 0) is 105 Å². The van der Waals surface area contributed by atoms with Gasteiger partial charge in [-0.3, -0.25) is 4.79 Å². The maximum Gasteiger partial charge on any atom is 0.227 e. The SMILES string of the molecule is COc1cc2c(cc1OC)CC(=O)N(CC1CCCN(CCCOc3cc(Br)c(N)c(Br)c3)C1)CC2.Cl. The number of anilines is 1. The number of fused-ring (bicyclic) bond motifs is 1. The Kier molecular flexibility index (Phi) is 11.2. The molecule has 2 aliphatic heterocycles. The molecule has 7 nitrogen and oxygen atoms in total. The molecule has 2 aromatic carbocycles. The number of hydrogen-bond donors (Lipinski definition) is 1. The number of carbonyl (C=O) groups is 1. The fraction of sp³-hybridized carbons (Fsp3) is 0.519. The van der Waals surface area contributed by atoms with Gasteiger partial charge in [0.2, 0.25) is 5.91 Å². The lowest BCUT2D eigenvalue weighted by Crippen LogP contribution is -2.43. The Morgan fingerprint density at radius 1 is 1.03 bits per heavy atom. The number of benzene rings is 2. The predicted octanol–water partition coefficient (Wildman–Crippen LogP) is 5.34. The Bertz CT molecular complexity index is 1060. The van der Waals surface area contributed by atoms with Crippen LogP contribution in [0.3, 0.4) is 0 Å². The maximum absolute atomic E-state index is 13.1. The lowest BCUT2D eigenvalue weighted by Gasteiger charge is -2.35. The number of nitrogen functional groups attached to an aromatic ring is 1. The van der Waals surface area contributed by atoms with Gasteiger partial charge in [0.05, 0.1) is 32.9 Å². The minimum Gasteiger partial charge on any atom is -0.493 e. The summed E-state index contributed by atoms with van der Waals surface area (Å²) in [5, 5.41) is 0. The van der Waals surface area contributed by atoms with E-state index in [4.69, 9.17) is 19.9 Å². The summed E-state index contributed by atoms with van der Waals surface area (Å²) < 4.78 is 18.5. The highest BCUT2D eigenvalue weighted by molar-refractivity contribution is 9.11. The zero-order valence-corrected chi connectivity index (χ0v) is 25.4. The van der Waals surface area contributed by atoms with Gasteiger partial charge in [-0.25, -0.2) is 0 Å². The molecule has 204 valence electrons. The molecule has 1 fully saturated rings. The number of methoxy groups -OCH3 is 2. The number of carbonyl (C=O) groups excluding carboxylic acids is 1. The number of piperidine rings is 1. The van der Waals surface area contributed by atoms with Crippen molar-refractivity contribution >= 4 is 55.9 Å². The molecule has 2 heterocycles. The molecule has 0 bridgehead atoms. The first kappa shape index (κ1) is 29.9. The molecule has 1 amide bonds. The second-order valence-electron chi connectivity index (χ2n) is 9.55. The van der Waals surface area contributed by atoms with E-state index in [1.165, 1.54) is 18.4 Å². The van der Waals surface area contributed by atoms with E-state index in [1.807, 2.05) is 24.3 Å². The zero-order chi connectivity index (χ0) is 25.7. The van der Waals surface area contributed by atoms with Crippen LogP contribution in [0.2, 0.25) is 0 Å². The van der Waals surface area contributed by atoms with Gasteiger partial charge in [0.25, 0.3) is 0 Å². The molecule has 1 saturated heterocycles. The molecule has 0 spiro atoms. The Morgan fingerprint density at radius 3 is 2.38 bits per heavy atom. The third kappa shape index (κ3) is 7.68. The summed E-state index contributed by atoms with van der Waals surface area (Å²) in [6.45, 7) is 5.35. The van der Waals surface area contributed by atoms with Crippen LogP contribution in [0.1, 0.15) is 30.4 Å². The van der Waals surface area contributed by atoms with Crippen molar-refractivity contribution in [3.05, 3.63) is 44.3 Å². The summed E-state index contributed by atoms with van der Waals surface area (Å²) in [6.07, 6.45) is 4.54. The van der Waals surface area contributed by atoms with Crippen molar-refractivity contribution in [2.45, 2.75) is 32.1 Å². The van der Waals surface area contributed by atoms with Crippen molar-refractivity contribution < 1.29 is 19.0 Å². The smallest absolute Gasteiger partial charge is 0.227 e. The number of likely N-dealkylation sites (tertiary alicyclic amines) is 1. The molecular formula is C27H36Br2ClN3O4. The lowest BCUT2D eigenvalue weighted by molar-refractivity contribution is -0.131. The minimum absolute atomic E-state index is 0. The van der Waals surface area contributed by atoms with Gasteiger partial charge < -0.3 is 29.7 Å². The molecule has 2 N–H and O–H groups in total. The number of nitrogens with two attached hydrogens (primary N) is 1. The molecule has 0 aliphatic carbocycles. The van der Waals surface area contributed by atoms with Crippen molar-refractivity contribution in [1.29, 1.82) is 0 Å². The van der Waals surface area contributed by atoms with E-state index in [1.54, 1.807) is 14.2 Å². The standard InChI is InChI=1S/C27H35Br2N3O4.ClH/c1-34-24-11-19-6-9-32(26(33)13-20(19)12-25(24)35-2)17-18-5-3-7-31(16-18)8-4-10-36-21-14-22(28)27(30)23(29)15-21;/h11-12,14-15,18H,3-10,13,16-17,30H2,1-2H3;1H. The quantitative estimate of drug-likeness (QED) is 0.289. The summed E-state index contributed by atoms with van der Waals surface area (Å²) in [4.78, 5) is 17.7. The van der Waals surface area contributed by atoms with Crippen LogP contribution in [0, 0.1) is 5.92 Å². The molecule has 0 radical (unpaired) electrons.